The van der Waals surface area contributed by atoms with Gasteiger partial charge >= 0.3 is 12.2 Å². The number of H-pyrrole nitrogens is 1. The van der Waals surface area contributed by atoms with Gasteiger partial charge in [-0.2, -0.15) is 18.3 Å². The van der Waals surface area contributed by atoms with Crippen molar-refractivity contribution in [2.24, 2.45) is 0 Å². The van der Waals surface area contributed by atoms with E-state index < -0.39 is 11.7 Å². The van der Waals surface area contributed by atoms with E-state index in [-0.39, 0.29) is 24.0 Å². The number of amides is 2. The molecule has 2 aliphatic heterocycles. The minimum Gasteiger partial charge on any atom is -0.393 e. The fourth-order valence-corrected chi connectivity index (χ4v) is 5.08. The van der Waals surface area contributed by atoms with Crippen LogP contribution in [0.1, 0.15) is 72.4 Å². The highest BCUT2D eigenvalue weighted by atomic mass is 19.4. The lowest BCUT2D eigenvalue weighted by molar-refractivity contribution is -0.137. The van der Waals surface area contributed by atoms with E-state index in [2.05, 4.69) is 16.3 Å². The van der Waals surface area contributed by atoms with E-state index in [1.807, 2.05) is 4.90 Å². The number of carbonyl (C=O) groups is 1. The van der Waals surface area contributed by atoms with Crippen LogP contribution in [0, 0.1) is 0 Å². The van der Waals surface area contributed by atoms with Crippen molar-refractivity contribution in [2.45, 2.75) is 62.1 Å². The van der Waals surface area contributed by atoms with Gasteiger partial charge in [-0.3, -0.25) is 5.10 Å². The van der Waals surface area contributed by atoms with Gasteiger partial charge in [-0.05, 0) is 55.9 Å². The lowest BCUT2D eigenvalue weighted by Gasteiger charge is -2.41. The number of likely N-dealkylation sites (tertiary alicyclic amines) is 2. The maximum atomic E-state index is 13.3. The number of hydrogen-bond acceptors (Lipinski definition) is 3. The summed E-state index contributed by atoms with van der Waals surface area (Å²) in [6.07, 6.45) is -0.568. The van der Waals surface area contributed by atoms with Crippen LogP contribution in [0.3, 0.4) is 0 Å². The molecule has 1 aromatic carbocycles. The standard InChI is InChI=1S/C24H29F3N4O2/c25-24(26,27)19-5-3-15(4-6-19)17-11-18(22-12-21(28-29-22)16-1-2-16)14-31(13-17)23(33)30-9-7-20(32)8-10-30/h3-6,12,16-18,20,32H,1-2,7-11,13-14H2,(H,28,29). The molecule has 1 aliphatic carbocycles. The zero-order valence-electron chi connectivity index (χ0n) is 18.4. The number of benzene rings is 1. The first-order valence-corrected chi connectivity index (χ1v) is 11.7. The zero-order chi connectivity index (χ0) is 23.2. The highest BCUT2D eigenvalue weighted by Crippen LogP contribution is 2.42. The smallest absolute Gasteiger partial charge is 0.393 e. The van der Waals surface area contributed by atoms with Gasteiger partial charge in [0.1, 0.15) is 0 Å². The van der Waals surface area contributed by atoms with Crippen LogP contribution in [0.25, 0.3) is 0 Å². The molecule has 9 heteroatoms. The number of aromatic nitrogens is 2. The molecule has 5 rings (SSSR count). The molecule has 0 spiro atoms. The molecule has 2 atom stereocenters. The number of piperidine rings is 2. The number of aromatic amines is 1. The molecule has 1 saturated carbocycles. The Kier molecular flexibility index (Phi) is 5.84. The average Bonchev–Trinajstić information content (AvgIpc) is 3.54. The van der Waals surface area contributed by atoms with Crippen LogP contribution in [-0.4, -0.2) is 63.4 Å². The summed E-state index contributed by atoms with van der Waals surface area (Å²) in [6, 6.07) is 7.35. The molecule has 2 saturated heterocycles. The Labute approximate surface area is 190 Å². The number of urea groups is 1. The van der Waals surface area contributed by atoms with Gasteiger partial charge in [0.25, 0.3) is 0 Å². The monoisotopic (exact) mass is 462 g/mol. The largest absolute Gasteiger partial charge is 0.416 e. The summed E-state index contributed by atoms with van der Waals surface area (Å²) in [5, 5.41) is 17.5. The third kappa shape index (κ3) is 4.88. The van der Waals surface area contributed by atoms with Crippen LogP contribution >= 0.6 is 0 Å². The van der Waals surface area contributed by atoms with Crippen LogP contribution in [0.15, 0.2) is 30.3 Å². The maximum absolute atomic E-state index is 13.3. The highest BCUT2D eigenvalue weighted by molar-refractivity contribution is 5.75. The predicted molar refractivity (Wildman–Crippen MR) is 116 cm³/mol. The molecule has 3 aliphatic rings. The molecular formula is C24H29F3N4O2. The zero-order valence-corrected chi connectivity index (χ0v) is 18.4. The number of rotatable bonds is 3. The molecule has 178 valence electrons. The summed E-state index contributed by atoms with van der Waals surface area (Å²) in [6.45, 7) is 2.02. The molecule has 33 heavy (non-hydrogen) atoms. The van der Waals surface area contributed by atoms with Crippen LogP contribution in [0.5, 0.6) is 0 Å². The number of carbonyl (C=O) groups excluding carboxylic acids is 1. The van der Waals surface area contributed by atoms with Gasteiger partial charge < -0.3 is 14.9 Å². The quantitative estimate of drug-likeness (QED) is 0.708. The van der Waals surface area contributed by atoms with Crippen molar-refractivity contribution in [1.29, 1.82) is 0 Å². The highest BCUT2D eigenvalue weighted by Gasteiger charge is 2.37. The Bertz CT molecular complexity index is 978. The molecule has 1 aromatic heterocycles. The van der Waals surface area contributed by atoms with Gasteiger partial charge in [-0.15, -0.1) is 0 Å². The summed E-state index contributed by atoms with van der Waals surface area (Å²) in [5.41, 5.74) is 2.18. The van der Waals surface area contributed by atoms with Crippen molar-refractivity contribution in [1.82, 2.24) is 20.0 Å². The number of alkyl halides is 3. The molecule has 2 unspecified atom stereocenters. The van der Waals surface area contributed by atoms with Crippen LogP contribution in [-0.2, 0) is 6.18 Å². The summed E-state index contributed by atoms with van der Waals surface area (Å²) in [5.74, 6) is 0.471. The third-order valence-electron chi connectivity index (χ3n) is 7.22. The van der Waals surface area contributed by atoms with Crippen LogP contribution < -0.4 is 0 Å². The Morgan fingerprint density at radius 2 is 1.64 bits per heavy atom. The Balaban J connectivity index is 1.38. The second kappa shape index (κ2) is 8.66. The number of nitrogens with one attached hydrogen (secondary N) is 1. The number of aliphatic hydroxyl groups excluding tert-OH is 1. The van der Waals surface area contributed by atoms with E-state index in [0.717, 1.165) is 48.3 Å². The number of aliphatic hydroxyl groups is 1. The van der Waals surface area contributed by atoms with E-state index in [0.29, 0.717) is 44.9 Å². The van der Waals surface area contributed by atoms with Crippen molar-refractivity contribution >= 4 is 6.03 Å². The van der Waals surface area contributed by atoms with Crippen molar-refractivity contribution in [3.8, 4) is 0 Å². The first kappa shape index (κ1) is 22.3. The van der Waals surface area contributed by atoms with Gasteiger partial charge in [0.15, 0.2) is 0 Å². The second-order valence-electron chi connectivity index (χ2n) is 9.68. The topological polar surface area (TPSA) is 72.5 Å². The van der Waals surface area contributed by atoms with E-state index >= 15 is 0 Å². The van der Waals surface area contributed by atoms with Crippen molar-refractivity contribution < 1.29 is 23.1 Å². The molecule has 2 amide bonds. The number of halogens is 3. The van der Waals surface area contributed by atoms with Gasteiger partial charge in [-0.25, -0.2) is 4.79 Å². The van der Waals surface area contributed by atoms with E-state index in [9.17, 15) is 23.1 Å². The van der Waals surface area contributed by atoms with E-state index in [1.165, 1.54) is 12.1 Å². The van der Waals surface area contributed by atoms with Gasteiger partial charge in [0, 0.05) is 49.6 Å². The lowest BCUT2D eigenvalue weighted by atomic mass is 9.82. The maximum Gasteiger partial charge on any atom is 0.416 e. The SMILES string of the molecule is O=C(N1CCC(O)CC1)N1CC(c2ccc(C(F)(F)F)cc2)CC(c2cc(C3CC3)[nH]n2)C1. The third-order valence-corrected chi connectivity index (χ3v) is 7.22. The van der Waals surface area contributed by atoms with Gasteiger partial charge in [0.05, 0.1) is 17.4 Å². The van der Waals surface area contributed by atoms with E-state index in [1.54, 1.807) is 4.90 Å². The summed E-state index contributed by atoms with van der Waals surface area (Å²) < 4.78 is 39.1. The molecule has 0 radical (unpaired) electrons. The van der Waals surface area contributed by atoms with Crippen LogP contribution in [0.2, 0.25) is 0 Å². The molecule has 2 N–H and O–H groups in total. The van der Waals surface area contributed by atoms with E-state index in [4.69, 9.17) is 0 Å². The first-order valence-electron chi connectivity index (χ1n) is 11.7. The minimum absolute atomic E-state index is 0.00845. The van der Waals surface area contributed by atoms with Gasteiger partial charge in [-0.1, -0.05) is 12.1 Å². The van der Waals surface area contributed by atoms with Crippen molar-refractivity contribution in [3.63, 3.8) is 0 Å². The fourth-order valence-electron chi connectivity index (χ4n) is 5.08. The molecule has 2 aromatic rings. The normalized spacial score (nSPS) is 24.8. The Morgan fingerprint density at radius 3 is 2.27 bits per heavy atom. The molecule has 0 bridgehead atoms. The average molecular weight is 463 g/mol. The summed E-state index contributed by atoms with van der Waals surface area (Å²) in [4.78, 5) is 16.9. The number of nitrogens with zero attached hydrogens (tertiary/aromatic N) is 3. The second-order valence-corrected chi connectivity index (χ2v) is 9.68. The lowest BCUT2D eigenvalue weighted by Crippen LogP contribution is -2.51. The Hall–Kier alpha value is -2.55. The van der Waals surface area contributed by atoms with Gasteiger partial charge in [0.2, 0.25) is 0 Å². The molecular weight excluding hydrogens is 433 g/mol. The van der Waals surface area contributed by atoms with Crippen molar-refractivity contribution in [3.05, 3.63) is 52.8 Å². The van der Waals surface area contributed by atoms with Crippen molar-refractivity contribution in [2.75, 3.05) is 26.2 Å². The molecule has 3 heterocycles. The number of hydrogen-bond donors (Lipinski definition) is 2. The van der Waals surface area contributed by atoms with Crippen LogP contribution in [0.4, 0.5) is 18.0 Å². The fraction of sp³-hybridized carbons (Fsp3) is 0.583. The predicted octanol–water partition coefficient (Wildman–Crippen LogP) is 4.46. The Morgan fingerprint density at radius 1 is 0.970 bits per heavy atom. The summed E-state index contributed by atoms with van der Waals surface area (Å²) in [7, 11) is 0. The first-order chi connectivity index (χ1) is 15.8. The molecule has 6 nitrogen and oxygen atoms in total. The minimum atomic E-state index is -4.37. The molecule has 3 fully saturated rings. The summed E-state index contributed by atoms with van der Waals surface area (Å²) >= 11 is 0.